The SMILES string of the molecule is CC(C(=O)Nc1ccccc1-c1ccccc1)N1CCC(c2nc3cc(Cl)ccc3o2)CC1. The smallest absolute Gasteiger partial charge is 0.241 e. The van der Waals surface area contributed by atoms with Gasteiger partial charge in [-0.3, -0.25) is 9.69 Å². The van der Waals surface area contributed by atoms with Crippen LogP contribution in [0.3, 0.4) is 0 Å². The fourth-order valence-electron chi connectivity index (χ4n) is 4.49. The summed E-state index contributed by atoms with van der Waals surface area (Å²) in [5, 5.41) is 3.81. The van der Waals surface area contributed by atoms with Gasteiger partial charge < -0.3 is 9.73 Å². The molecule has 1 N–H and O–H groups in total. The van der Waals surface area contributed by atoms with Crippen molar-refractivity contribution < 1.29 is 9.21 Å². The molecule has 0 radical (unpaired) electrons. The van der Waals surface area contributed by atoms with Crippen molar-refractivity contribution >= 4 is 34.3 Å². The van der Waals surface area contributed by atoms with E-state index in [9.17, 15) is 4.79 Å². The first-order chi connectivity index (χ1) is 16.1. The lowest BCUT2D eigenvalue weighted by Gasteiger charge is -2.34. The van der Waals surface area contributed by atoms with E-state index in [2.05, 4.69) is 27.3 Å². The Morgan fingerprint density at radius 1 is 1.06 bits per heavy atom. The Hall–Kier alpha value is -3.15. The highest BCUT2D eigenvalue weighted by molar-refractivity contribution is 6.31. The van der Waals surface area contributed by atoms with E-state index in [1.165, 1.54) is 0 Å². The van der Waals surface area contributed by atoms with Gasteiger partial charge in [0, 0.05) is 22.2 Å². The number of nitrogens with zero attached hydrogens (tertiary/aromatic N) is 2. The quantitative estimate of drug-likeness (QED) is 0.377. The van der Waals surface area contributed by atoms with Crippen molar-refractivity contribution in [1.82, 2.24) is 9.88 Å². The largest absolute Gasteiger partial charge is 0.440 e. The van der Waals surface area contributed by atoms with E-state index in [4.69, 9.17) is 16.0 Å². The highest BCUT2D eigenvalue weighted by Crippen LogP contribution is 2.32. The first-order valence-corrected chi connectivity index (χ1v) is 11.7. The summed E-state index contributed by atoms with van der Waals surface area (Å²) in [5.41, 5.74) is 4.50. The summed E-state index contributed by atoms with van der Waals surface area (Å²) >= 11 is 6.07. The standard InChI is InChI=1S/C27H26ClN3O2/c1-18(26(32)29-23-10-6-5-9-22(23)19-7-3-2-4-8-19)31-15-13-20(14-16-31)27-30-24-17-21(28)11-12-25(24)33-27/h2-12,17-18,20H,13-16H2,1H3,(H,29,32). The van der Waals surface area contributed by atoms with Gasteiger partial charge in [0.25, 0.3) is 0 Å². The molecule has 1 aliphatic heterocycles. The van der Waals surface area contributed by atoms with Crippen molar-refractivity contribution in [2.75, 3.05) is 18.4 Å². The van der Waals surface area contributed by atoms with E-state index in [0.717, 1.165) is 59.7 Å². The zero-order chi connectivity index (χ0) is 22.8. The van der Waals surface area contributed by atoms with E-state index in [0.29, 0.717) is 5.02 Å². The Morgan fingerprint density at radius 2 is 1.79 bits per heavy atom. The maximum atomic E-state index is 13.1. The van der Waals surface area contributed by atoms with Gasteiger partial charge in [0.2, 0.25) is 5.91 Å². The van der Waals surface area contributed by atoms with E-state index >= 15 is 0 Å². The van der Waals surface area contributed by atoms with Crippen LogP contribution < -0.4 is 5.32 Å². The number of anilines is 1. The number of hydrogen-bond acceptors (Lipinski definition) is 4. The number of aromatic nitrogens is 1. The second-order valence-corrected chi connectivity index (χ2v) is 8.99. The average molecular weight is 460 g/mol. The van der Waals surface area contributed by atoms with E-state index in [1.807, 2.05) is 67.6 Å². The molecule has 4 aromatic rings. The van der Waals surface area contributed by atoms with Crippen LogP contribution >= 0.6 is 11.6 Å². The van der Waals surface area contributed by atoms with E-state index < -0.39 is 0 Å². The van der Waals surface area contributed by atoms with Crippen LogP contribution in [0, 0.1) is 0 Å². The second kappa shape index (κ2) is 9.38. The third kappa shape index (κ3) is 4.65. The summed E-state index contributed by atoms with van der Waals surface area (Å²) in [4.78, 5) is 20.0. The number of halogens is 1. The van der Waals surface area contributed by atoms with Gasteiger partial charge in [0.05, 0.1) is 6.04 Å². The molecule has 0 aliphatic carbocycles. The number of likely N-dealkylation sites (tertiary alicyclic amines) is 1. The van der Waals surface area contributed by atoms with Crippen LogP contribution in [0.15, 0.2) is 77.2 Å². The fraction of sp³-hybridized carbons (Fsp3) is 0.259. The van der Waals surface area contributed by atoms with Crippen LogP contribution in [0.25, 0.3) is 22.2 Å². The lowest BCUT2D eigenvalue weighted by atomic mass is 9.95. The second-order valence-electron chi connectivity index (χ2n) is 8.55. The zero-order valence-corrected chi connectivity index (χ0v) is 19.3. The number of para-hydroxylation sites is 1. The molecule has 5 rings (SSSR count). The number of piperidine rings is 1. The lowest BCUT2D eigenvalue weighted by molar-refractivity contribution is -0.121. The fourth-order valence-corrected chi connectivity index (χ4v) is 4.66. The number of hydrogen-bond donors (Lipinski definition) is 1. The highest BCUT2D eigenvalue weighted by Gasteiger charge is 2.29. The van der Waals surface area contributed by atoms with Gasteiger partial charge in [-0.15, -0.1) is 0 Å². The molecule has 5 nitrogen and oxygen atoms in total. The van der Waals surface area contributed by atoms with Crippen molar-refractivity contribution in [1.29, 1.82) is 0 Å². The molecule has 1 fully saturated rings. The molecule has 6 heteroatoms. The van der Waals surface area contributed by atoms with Crippen LogP contribution in [-0.2, 0) is 4.79 Å². The summed E-state index contributed by atoms with van der Waals surface area (Å²) in [6, 6.07) is 23.3. The van der Waals surface area contributed by atoms with Gasteiger partial charge in [0.15, 0.2) is 11.5 Å². The summed E-state index contributed by atoms with van der Waals surface area (Å²) in [6.45, 7) is 3.61. The van der Waals surface area contributed by atoms with Gasteiger partial charge in [-0.2, -0.15) is 0 Å². The summed E-state index contributed by atoms with van der Waals surface area (Å²) < 4.78 is 5.97. The summed E-state index contributed by atoms with van der Waals surface area (Å²) in [7, 11) is 0. The normalized spacial score (nSPS) is 16.1. The maximum Gasteiger partial charge on any atom is 0.241 e. The van der Waals surface area contributed by atoms with Crippen molar-refractivity contribution in [2.24, 2.45) is 0 Å². The Bertz CT molecular complexity index is 1260. The molecular formula is C27H26ClN3O2. The molecule has 1 saturated heterocycles. The van der Waals surface area contributed by atoms with Gasteiger partial charge in [-0.25, -0.2) is 4.98 Å². The first-order valence-electron chi connectivity index (χ1n) is 11.3. The number of carbonyl (C=O) groups is 1. The van der Waals surface area contributed by atoms with Crippen molar-refractivity contribution in [3.05, 3.63) is 83.7 Å². The molecule has 1 aliphatic rings. The van der Waals surface area contributed by atoms with Crippen molar-refractivity contribution in [3.63, 3.8) is 0 Å². The van der Waals surface area contributed by atoms with Crippen LogP contribution in [0.2, 0.25) is 5.02 Å². The minimum atomic E-state index is -0.225. The number of benzene rings is 3. The van der Waals surface area contributed by atoms with Gasteiger partial charge in [0.1, 0.15) is 5.52 Å². The Balaban J connectivity index is 1.23. The van der Waals surface area contributed by atoms with Crippen LogP contribution in [0.4, 0.5) is 5.69 Å². The minimum absolute atomic E-state index is 0.00772. The molecule has 0 bridgehead atoms. The summed E-state index contributed by atoms with van der Waals surface area (Å²) in [5.74, 6) is 1.02. The molecule has 1 aromatic heterocycles. The van der Waals surface area contributed by atoms with Gasteiger partial charge in [-0.1, -0.05) is 60.1 Å². The lowest BCUT2D eigenvalue weighted by Crippen LogP contribution is -2.45. The van der Waals surface area contributed by atoms with Crippen LogP contribution in [-0.4, -0.2) is 34.9 Å². The van der Waals surface area contributed by atoms with Crippen molar-refractivity contribution in [2.45, 2.75) is 31.7 Å². The Kier molecular flexibility index (Phi) is 6.16. The molecule has 3 aromatic carbocycles. The third-order valence-electron chi connectivity index (χ3n) is 6.44. The average Bonchev–Trinajstić information content (AvgIpc) is 3.28. The number of amides is 1. The molecule has 1 atom stereocenters. The zero-order valence-electron chi connectivity index (χ0n) is 18.5. The van der Waals surface area contributed by atoms with Gasteiger partial charge in [-0.05, 0) is 62.7 Å². The van der Waals surface area contributed by atoms with Crippen LogP contribution in [0.5, 0.6) is 0 Å². The van der Waals surface area contributed by atoms with E-state index in [-0.39, 0.29) is 17.9 Å². The highest BCUT2D eigenvalue weighted by atomic mass is 35.5. The Morgan fingerprint density at radius 3 is 2.58 bits per heavy atom. The molecule has 0 saturated carbocycles. The predicted octanol–water partition coefficient (Wildman–Crippen LogP) is 6.35. The molecule has 33 heavy (non-hydrogen) atoms. The van der Waals surface area contributed by atoms with Crippen LogP contribution in [0.1, 0.15) is 31.6 Å². The molecule has 1 amide bonds. The topological polar surface area (TPSA) is 58.4 Å². The molecule has 2 heterocycles. The minimum Gasteiger partial charge on any atom is -0.440 e. The van der Waals surface area contributed by atoms with Crippen molar-refractivity contribution in [3.8, 4) is 11.1 Å². The Labute approximate surface area is 198 Å². The van der Waals surface area contributed by atoms with E-state index in [1.54, 1.807) is 0 Å². The van der Waals surface area contributed by atoms with Gasteiger partial charge >= 0.3 is 0 Å². The molecule has 1 unspecified atom stereocenters. The molecule has 168 valence electrons. The number of rotatable bonds is 5. The monoisotopic (exact) mass is 459 g/mol. The number of nitrogens with one attached hydrogen (secondary N) is 1. The number of carbonyl (C=O) groups excluding carboxylic acids is 1. The first kappa shape index (κ1) is 21.7. The number of oxazole rings is 1. The number of fused-ring (bicyclic) bond motifs is 1. The third-order valence-corrected chi connectivity index (χ3v) is 6.68. The molecule has 0 spiro atoms. The molecular weight excluding hydrogens is 434 g/mol. The summed E-state index contributed by atoms with van der Waals surface area (Å²) in [6.07, 6.45) is 1.80. The maximum absolute atomic E-state index is 13.1. The predicted molar refractivity (Wildman–Crippen MR) is 133 cm³/mol.